The molecule has 3 aliphatic rings. The maximum Gasteiger partial charge on any atom is 0.178 e. The maximum atomic E-state index is 12.3. The van der Waals surface area contributed by atoms with Crippen molar-refractivity contribution in [3.63, 3.8) is 0 Å². The van der Waals surface area contributed by atoms with Crippen molar-refractivity contribution in [1.29, 1.82) is 5.26 Å². The molecule has 1 fully saturated rings. The van der Waals surface area contributed by atoms with Crippen molar-refractivity contribution in [1.82, 2.24) is 0 Å². The normalized spacial score (nSPS) is 41.6. The molecule has 0 aliphatic heterocycles. The summed E-state index contributed by atoms with van der Waals surface area (Å²) < 4.78 is 0. The Morgan fingerprint density at radius 3 is 2.78 bits per heavy atom. The second-order valence-corrected chi connectivity index (χ2v) is 7.64. The quantitative estimate of drug-likeness (QED) is 0.780. The highest BCUT2D eigenvalue weighted by Crippen LogP contribution is 2.59. The zero-order valence-corrected chi connectivity index (χ0v) is 14.0. The van der Waals surface area contributed by atoms with E-state index < -0.39 is 5.41 Å². The van der Waals surface area contributed by atoms with Crippen LogP contribution in [0.1, 0.15) is 40.0 Å². The zero-order valence-electron chi connectivity index (χ0n) is 14.0. The molecule has 3 rings (SSSR count). The van der Waals surface area contributed by atoms with Crippen molar-refractivity contribution in [2.24, 2.45) is 28.6 Å². The summed E-state index contributed by atoms with van der Waals surface area (Å²) in [4.78, 5) is 24.0. The number of carbonyl (C=O) groups excluding carboxylic acids is 2. The third-order valence-corrected chi connectivity index (χ3v) is 6.62. The third kappa shape index (κ3) is 2.24. The van der Waals surface area contributed by atoms with Gasteiger partial charge in [0.25, 0.3) is 0 Å². The van der Waals surface area contributed by atoms with Crippen molar-refractivity contribution in [2.75, 3.05) is 0 Å². The van der Waals surface area contributed by atoms with Crippen LogP contribution in [0.3, 0.4) is 0 Å². The molecule has 0 unspecified atom stereocenters. The van der Waals surface area contributed by atoms with Gasteiger partial charge in [0.05, 0.1) is 6.07 Å². The molecule has 0 spiro atoms. The Balaban J connectivity index is 2.07. The van der Waals surface area contributed by atoms with Crippen LogP contribution in [0.4, 0.5) is 0 Å². The molecule has 0 amide bonds. The summed E-state index contributed by atoms with van der Waals surface area (Å²) in [5.41, 5.74) is 0.472. The number of hydrogen-bond acceptors (Lipinski definition) is 3. The number of Topliss-reactive ketones (excluding diaryl/α,β-unsaturated/α-hetero) is 1. The minimum atomic E-state index is -0.424. The molecular formula is C20H23NO2. The van der Waals surface area contributed by atoms with Crippen LogP contribution in [0.15, 0.2) is 36.0 Å². The number of rotatable bonds is 2. The number of ketones is 2. The second-order valence-electron chi connectivity index (χ2n) is 7.64. The number of nitriles is 1. The summed E-state index contributed by atoms with van der Waals surface area (Å²) in [5, 5.41) is 9.30. The number of hydrogen-bond donors (Lipinski definition) is 0. The topological polar surface area (TPSA) is 57.9 Å². The van der Waals surface area contributed by atoms with Gasteiger partial charge in [0.1, 0.15) is 5.78 Å². The lowest BCUT2D eigenvalue weighted by Crippen LogP contribution is -2.50. The van der Waals surface area contributed by atoms with Crippen molar-refractivity contribution >= 4 is 11.6 Å². The van der Waals surface area contributed by atoms with Gasteiger partial charge in [-0.25, -0.2) is 0 Å². The smallest absolute Gasteiger partial charge is 0.178 e. The van der Waals surface area contributed by atoms with Gasteiger partial charge in [0.2, 0.25) is 0 Å². The molecular weight excluding hydrogens is 286 g/mol. The van der Waals surface area contributed by atoms with E-state index in [1.807, 2.05) is 19.1 Å². The number of carbonyl (C=O) groups is 2. The summed E-state index contributed by atoms with van der Waals surface area (Å²) in [7, 11) is 0. The van der Waals surface area contributed by atoms with Gasteiger partial charge in [0, 0.05) is 17.3 Å². The van der Waals surface area contributed by atoms with Gasteiger partial charge >= 0.3 is 0 Å². The van der Waals surface area contributed by atoms with E-state index >= 15 is 0 Å². The second kappa shape index (κ2) is 5.30. The van der Waals surface area contributed by atoms with E-state index in [2.05, 4.69) is 19.1 Å². The summed E-state index contributed by atoms with van der Waals surface area (Å²) in [5.74, 6) is 0.819. The van der Waals surface area contributed by atoms with Gasteiger partial charge in [-0.1, -0.05) is 32.1 Å². The Bertz CT molecular complexity index is 693. The molecule has 0 aromatic rings. The van der Waals surface area contributed by atoms with E-state index in [1.165, 1.54) is 0 Å². The van der Waals surface area contributed by atoms with E-state index in [-0.39, 0.29) is 28.8 Å². The summed E-state index contributed by atoms with van der Waals surface area (Å²) in [6.07, 6.45) is 11.8. The fourth-order valence-corrected chi connectivity index (χ4v) is 4.89. The molecule has 3 aliphatic carbocycles. The van der Waals surface area contributed by atoms with Crippen molar-refractivity contribution in [2.45, 2.75) is 40.0 Å². The average Bonchev–Trinajstić information content (AvgIpc) is 2.50. The predicted molar refractivity (Wildman–Crippen MR) is 88.2 cm³/mol. The average molecular weight is 309 g/mol. The highest BCUT2D eigenvalue weighted by molar-refractivity contribution is 6.01. The molecule has 3 nitrogen and oxygen atoms in total. The van der Waals surface area contributed by atoms with E-state index in [0.29, 0.717) is 12.3 Å². The Morgan fingerprint density at radius 2 is 2.13 bits per heavy atom. The summed E-state index contributed by atoms with van der Waals surface area (Å²) >= 11 is 0. The van der Waals surface area contributed by atoms with E-state index in [0.717, 1.165) is 18.4 Å². The molecule has 0 aromatic carbocycles. The lowest BCUT2D eigenvalue weighted by Gasteiger charge is -2.54. The first-order valence-corrected chi connectivity index (χ1v) is 8.34. The molecule has 120 valence electrons. The lowest BCUT2D eigenvalue weighted by molar-refractivity contribution is -0.134. The molecule has 0 saturated heterocycles. The predicted octanol–water partition coefficient (Wildman–Crippen LogP) is 3.78. The maximum absolute atomic E-state index is 12.3. The number of allylic oxidation sites excluding steroid dienone is 6. The van der Waals surface area contributed by atoms with Crippen LogP contribution in [-0.4, -0.2) is 11.6 Å². The first-order chi connectivity index (χ1) is 10.8. The van der Waals surface area contributed by atoms with Crippen molar-refractivity contribution < 1.29 is 9.59 Å². The first-order valence-electron chi connectivity index (χ1n) is 8.34. The van der Waals surface area contributed by atoms with Crippen molar-refractivity contribution in [3.8, 4) is 6.07 Å². The minimum Gasteiger partial charge on any atom is -0.299 e. The van der Waals surface area contributed by atoms with Crippen molar-refractivity contribution in [3.05, 3.63) is 36.0 Å². The SMILES string of the molecule is CC(=O)[C@@]1(C)CC[C@H]2[C@@H](C=CC3=CC(=O)C=C[C@@]32C)[C@@H]1CC#N. The fraction of sp³-hybridized carbons (Fsp3) is 0.550. The monoisotopic (exact) mass is 309 g/mol. The highest BCUT2D eigenvalue weighted by atomic mass is 16.1. The standard InChI is InChI=1S/C20H23NO2/c1-13(22)19(2)10-7-17-16(18(19)8-11-21)5-4-14-12-15(23)6-9-20(14,17)3/h4-6,9,12,16-18H,7-8,10H2,1-3H3/t16-,17+,18+,19-,20+/m1/s1. The van der Waals surface area contributed by atoms with Gasteiger partial charge in [-0.2, -0.15) is 5.26 Å². The largest absolute Gasteiger partial charge is 0.299 e. The Hall–Kier alpha value is -1.95. The Morgan fingerprint density at radius 1 is 1.39 bits per heavy atom. The minimum absolute atomic E-state index is 0.0403. The molecule has 1 saturated carbocycles. The van der Waals surface area contributed by atoms with Gasteiger partial charge in [0.15, 0.2) is 5.78 Å². The van der Waals surface area contributed by atoms with E-state index in [1.54, 1.807) is 19.1 Å². The molecule has 3 heteroatoms. The zero-order chi connectivity index (χ0) is 16.8. The van der Waals surface area contributed by atoms with Crippen LogP contribution in [-0.2, 0) is 9.59 Å². The Kier molecular flexibility index (Phi) is 3.67. The number of fused-ring (bicyclic) bond motifs is 3. The molecule has 0 bridgehead atoms. The summed E-state index contributed by atoms with van der Waals surface area (Å²) in [6.45, 7) is 5.86. The van der Waals surface area contributed by atoms with Gasteiger partial charge in [-0.3, -0.25) is 9.59 Å². The Labute approximate surface area is 137 Å². The first kappa shape index (κ1) is 15.9. The van der Waals surface area contributed by atoms with Crippen LogP contribution >= 0.6 is 0 Å². The van der Waals surface area contributed by atoms with Gasteiger partial charge in [-0.05, 0) is 55.2 Å². The van der Waals surface area contributed by atoms with Crippen LogP contribution in [0.2, 0.25) is 0 Å². The van der Waals surface area contributed by atoms with Crippen LogP contribution in [0.25, 0.3) is 0 Å². The van der Waals surface area contributed by atoms with Gasteiger partial charge < -0.3 is 0 Å². The third-order valence-electron chi connectivity index (χ3n) is 6.62. The molecule has 0 heterocycles. The highest BCUT2D eigenvalue weighted by Gasteiger charge is 2.54. The van der Waals surface area contributed by atoms with E-state index in [9.17, 15) is 14.9 Å². The van der Waals surface area contributed by atoms with E-state index in [4.69, 9.17) is 0 Å². The van der Waals surface area contributed by atoms with Gasteiger partial charge in [-0.15, -0.1) is 0 Å². The van der Waals surface area contributed by atoms with Crippen LogP contribution < -0.4 is 0 Å². The molecule has 0 radical (unpaired) electrons. The molecule has 5 atom stereocenters. The lowest BCUT2D eigenvalue weighted by atomic mass is 9.49. The molecule has 0 aromatic heterocycles. The summed E-state index contributed by atoms with van der Waals surface area (Å²) in [6, 6.07) is 2.30. The number of nitrogens with zero attached hydrogens (tertiary/aromatic N) is 1. The molecule has 23 heavy (non-hydrogen) atoms. The van der Waals surface area contributed by atoms with Crippen LogP contribution in [0.5, 0.6) is 0 Å². The van der Waals surface area contributed by atoms with Crippen LogP contribution in [0, 0.1) is 39.9 Å². The molecule has 0 N–H and O–H groups in total. The fourth-order valence-electron chi connectivity index (χ4n) is 4.89.